The van der Waals surface area contributed by atoms with Crippen LogP contribution in [0.1, 0.15) is 38.5 Å². The van der Waals surface area contributed by atoms with E-state index >= 15 is 0 Å². The van der Waals surface area contributed by atoms with Crippen LogP contribution in [0, 0.1) is 5.92 Å². The summed E-state index contributed by atoms with van der Waals surface area (Å²) in [5, 5.41) is 5.70. The van der Waals surface area contributed by atoms with Gasteiger partial charge in [-0.25, -0.2) is 0 Å². The summed E-state index contributed by atoms with van der Waals surface area (Å²) < 4.78 is 0. The number of nitrogens with one attached hydrogen (secondary N) is 1. The highest BCUT2D eigenvalue weighted by Crippen LogP contribution is 2.19. The summed E-state index contributed by atoms with van der Waals surface area (Å²) in [5.74, 6) is 0.812. The van der Waals surface area contributed by atoms with E-state index in [0.29, 0.717) is 6.04 Å². The number of hydrogen-bond donors (Lipinski definition) is 1. The van der Waals surface area contributed by atoms with Crippen LogP contribution in [-0.4, -0.2) is 12.6 Å². The summed E-state index contributed by atoms with van der Waals surface area (Å²) in [5.41, 5.74) is 0. The Hall–Kier alpha value is -0.340. The van der Waals surface area contributed by atoms with E-state index in [1.165, 1.54) is 24.1 Å². The van der Waals surface area contributed by atoms with Crippen LogP contribution >= 0.6 is 11.3 Å². The van der Waals surface area contributed by atoms with Crippen LogP contribution in [0.15, 0.2) is 17.5 Å². The summed E-state index contributed by atoms with van der Waals surface area (Å²) in [6.07, 6.45) is 3.83. The molecule has 15 heavy (non-hydrogen) atoms. The average molecular weight is 225 g/mol. The van der Waals surface area contributed by atoms with Gasteiger partial charge in [-0.15, -0.1) is 11.3 Å². The molecular formula is C13H23NS. The molecule has 0 aromatic carbocycles. The minimum atomic E-state index is 0.653. The Labute approximate surface area is 97.9 Å². The lowest BCUT2D eigenvalue weighted by Gasteiger charge is -2.23. The Morgan fingerprint density at radius 2 is 2.20 bits per heavy atom. The predicted octanol–water partition coefficient (Wildman–Crippen LogP) is 3.70. The number of thiophene rings is 1. The van der Waals surface area contributed by atoms with E-state index < -0.39 is 0 Å². The van der Waals surface area contributed by atoms with E-state index in [1.807, 2.05) is 11.3 Å². The third kappa shape index (κ3) is 4.35. The van der Waals surface area contributed by atoms with Crippen molar-refractivity contribution in [2.24, 2.45) is 5.92 Å². The summed E-state index contributed by atoms with van der Waals surface area (Å²) in [6.45, 7) is 7.87. The number of hydrogen-bond acceptors (Lipinski definition) is 2. The first-order valence-corrected chi connectivity index (χ1v) is 6.91. The maximum Gasteiger partial charge on any atom is 0.00668 e. The van der Waals surface area contributed by atoms with Crippen molar-refractivity contribution in [1.29, 1.82) is 0 Å². The van der Waals surface area contributed by atoms with Crippen molar-refractivity contribution in [2.75, 3.05) is 6.54 Å². The normalized spacial score (nSPS) is 15.1. The van der Waals surface area contributed by atoms with E-state index in [-0.39, 0.29) is 0 Å². The lowest BCUT2D eigenvalue weighted by atomic mass is 9.93. The largest absolute Gasteiger partial charge is 0.314 e. The molecule has 86 valence electrons. The average Bonchev–Trinajstić information content (AvgIpc) is 2.72. The van der Waals surface area contributed by atoms with Gasteiger partial charge in [0.05, 0.1) is 0 Å². The molecule has 0 aliphatic heterocycles. The fraction of sp³-hybridized carbons (Fsp3) is 0.692. The molecule has 0 bridgehead atoms. The van der Waals surface area contributed by atoms with E-state index in [9.17, 15) is 0 Å². The minimum Gasteiger partial charge on any atom is -0.314 e. The zero-order valence-corrected chi connectivity index (χ0v) is 10.9. The van der Waals surface area contributed by atoms with Gasteiger partial charge in [0.1, 0.15) is 0 Å². The van der Waals surface area contributed by atoms with Crippen LogP contribution in [0.2, 0.25) is 0 Å². The van der Waals surface area contributed by atoms with Gasteiger partial charge in [0.25, 0.3) is 0 Å². The number of aryl methyl sites for hydroxylation is 1. The molecule has 0 radical (unpaired) electrons. The maximum absolute atomic E-state index is 3.53. The van der Waals surface area contributed by atoms with Crippen LogP contribution < -0.4 is 5.32 Å². The molecule has 0 saturated carbocycles. The van der Waals surface area contributed by atoms with Crippen LogP contribution in [-0.2, 0) is 6.42 Å². The quantitative estimate of drug-likeness (QED) is 0.746. The highest BCUT2D eigenvalue weighted by atomic mass is 32.1. The molecule has 0 amide bonds. The van der Waals surface area contributed by atoms with E-state index in [2.05, 4.69) is 43.6 Å². The van der Waals surface area contributed by atoms with Crippen molar-refractivity contribution < 1.29 is 0 Å². The monoisotopic (exact) mass is 225 g/mol. The lowest BCUT2D eigenvalue weighted by molar-refractivity contribution is 0.350. The Kier molecular flexibility index (Phi) is 5.96. The van der Waals surface area contributed by atoms with Crippen molar-refractivity contribution in [3.63, 3.8) is 0 Å². The molecule has 2 atom stereocenters. The highest BCUT2D eigenvalue weighted by molar-refractivity contribution is 7.09. The van der Waals surface area contributed by atoms with E-state index in [0.717, 1.165) is 12.5 Å². The summed E-state index contributed by atoms with van der Waals surface area (Å²) in [6, 6.07) is 5.05. The Balaban J connectivity index is 2.33. The molecule has 0 saturated heterocycles. The molecule has 0 spiro atoms. The Bertz CT molecular complexity index is 243. The second-order valence-electron chi connectivity index (χ2n) is 4.13. The van der Waals surface area contributed by atoms with Crippen molar-refractivity contribution in [3.8, 4) is 0 Å². The van der Waals surface area contributed by atoms with Gasteiger partial charge >= 0.3 is 0 Å². The molecule has 1 aromatic heterocycles. The third-order valence-electron chi connectivity index (χ3n) is 3.10. The smallest absolute Gasteiger partial charge is 0.00668 e. The van der Waals surface area contributed by atoms with Crippen LogP contribution in [0.3, 0.4) is 0 Å². The fourth-order valence-electron chi connectivity index (χ4n) is 2.08. The summed E-state index contributed by atoms with van der Waals surface area (Å²) in [4.78, 5) is 1.53. The van der Waals surface area contributed by atoms with Crippen LogP contribution in [0.4, 0.5) is 0 Å². The molecule has 1 heterocycles. The second kappa shape index (κ2) is 7.02. The van der Waals surface area contributed by atoms with Gasteiger partial charge < -0.3 is 5.32 Å². The fourth-order valence-corrected chi connectivity index (χ4v) is 2.80. The topological polar surface area (TPSA) is 12.0 Å². The molecule has 0 aliphatic carbocycles. The second-order valence-corrected chi connectivity index (χ2v) is 5.16. The highest BCUT2D eigenvalue weighted by Gasteiger charge is 2.14. The summed E-state index contributed by atoms with van der Waals surface area (Å²) in [7, 11) is 0. The van der Waals surface area contributed by atoms with Gasteiger partial charge in [0.2, 0.25) is 0 Å². The maximum atomic E-state index is 3.53. The van der Waals surface area contributed by atoms with Gasteiger partial charge in [-0.1, -0.05) is 26.3 Å². The van der Waals surface area contributed by atoms with Gasteiger partial charge in [-0.2, -0.15) is 0 Å². The van der Waals surface area contributed by atoms with E-state index in [1.54, 1.807) is 0 Å². The SMILES string of the molecule is CCNC(C)C(CC)CCc1cccs1. The summed E-state index contributed by atoms with van der Waals surface area (Å²) >= 11 is 1.88. The molecule has 1 rings (SSSR count). The first kappa shape index (κ1) is 12.7. The zero-order chi connectivity index (χ0) is 11.1. The molecule has 1 N–H and O–H groups in total. The molecule has 2 unspecified atom stereocenters. The van der Waals surface area contributed by atoms with Crippen molar-refractivity contribution in [2.45, 2.75) is 46.1 Å². The van der Waals surface area contributed by atoms with Gasteiger partial charge in [-0.05, 0) is 43.7 Å². The molecule has 0 aliphatic rings. The van der Waals surface area contributed by atoms with Gasteiger partial charge in [0.15, 0.2) is 0 Å². The predicted molar refractivity (Wildman–Crippen MR) is 69.6 cm³/mol. The van der Waals surface area contributed by atoms with Crippen molar-refractivity contribution in [1.82, 2.24) is 5.32 Å². The first-order chi connectivity index (χ1) is 7.27. The minimum absolute atomic E-state index is 0.653. The standard InChI is InChI=1S/C13H23NS/c1-4-12(11(3)14-5-2)8-9-13-7-6-10-15-13/h6-7,10-12,14H,4-5,8-9H2,1-3H3. The van der Waals surface area contributed by atoms with Gasteiger partial charge in [0, 0.05) is 10.9 Å². The van der Waals surface area contributed by atoms with Crippen molar-refractivity contribution in [3.05, 3.63) is 22.4 Å². The molecule has 0 fully saturated rings. The van der Waals surface area contributed by atoms with Crippen LogP contribution in [0.25, 0.3) is 0 Å². The number of rotatable bonds is 7. The first-order valence-electron chi connectivity index (χ1n) is 6.03. The molecular weight excluding hydrogens is 202 g/mol. The zero-order valence-electron chi connectivity index (χ0n) is 10.1. The van der Waals surface area contributed by atoms with Gasteiger partial charge in [-0.3, -0.25) is 0 Å². The molecule has 1 nitrogen and oxygen atoms in total. The molecule has 1 aromatic rings. The van der Waals surface area contributed by atoms with Crippen molar-refractivity contribution >= 4 is 11.3 Å². The Morgan fingerprint density at radius 3 is 2.73 bits per heavy atom. The molecule has 2 heteroatoms. The van der Waals surface area contributed by atoms with Crippen LogP contribution in [0.5, 0.6) is 0 Å². The Morgan fingerprint density at radius 1 is 1.40 bits per heavy atom. The van der Waals surface area contributed by atoms with E-state index in [4.69, 9.17) is 0 Å². The lowest BCUT2D eigenvalue weighted by Crippen LogP contribution is -2.33. The third-order valence-corrected chi connectivity index (χ3v) is 4.04.